The number of aryl methyl sites for hydroxylation is 1. The number of aliphatic carboxylic acids is 1. The van der Waals surface area contributed by atoms with Crippen molar-refractivity contribution in [3.8, 4) is 0 Å². The van der Waals surface area contributed by atoms with Crippen molar-refractivity contribution >= 4 is 17.6 Å². The Morgan fingerprint density at radius 1 is 1.25 bits per heavy atom. The van der Waals surface area contributed by atoms with Crippen molar-refractivity contribution in [3.63, 3.8) is 0 Å². The highest BCUT2D eigenvalue weighted by atomic mass is 16.4. The summed E-state index contributed by atoms with van der Waals surface area (Å²) in [6.07, 6.45) is 0. The van der Waals surface area contributed by atoms with Gasteiger partial charge in [-0.15, -0.1) is 0 Å². The SMILES string of the molecule is Cc1ccc(NC(=O)C(C)N(C)CC(C)C(=O)O)cc1. The van der Waals surface area contributed by atoms with Crippen molar-refractivity contribution in [1.82, 2.24) is 4.90 Å². The zero-order valence-corrected chi connectivity index (χ0v) is 12.4. The molecule has 0 aromatic heterocycles. The fraction of sp³-hybridized carbons (Fsp3) is 0.467. The summed E-state index contributed by atoms with van der Waals surface area (Å²) in [5, 5.41) is 11.7. The minimum Gasteiger partial charge on any atom is -0.481 e. The second-order valence-corrected chi connectivity index (χ2v) is 5.21. The summed E-state index contributed by atoms with van der Waals surface area (Å²) >= 11 is 0. The largest absolute Gasteiger partial charge is 0.481 e. The molecule has 1 rings (SSSR count). The number of carbonyl (C=O) groups excluding carboxylic acids is 1. The number of benzene rings is 1. The lowest BCUT2D eigenvalue weighted by molar-refractivity contribution is -0.142. The molecular formula is C15H22N2O3. The van der Waals surface area contributed by atoms with E-state index in [1.54, 1.807) is 25.8 Å². The molecule has 1 aromatic rings. The smallest absolute Gasteiger partial charge is 0.307 e. The highest BCUT2D eigenvalue weighted by Crippen LogP contribution is 2.10. The Labute approximate surface area is 119 Å². The van der Waals surface area contributed by atoms with E-state index in [1.807, 2.05) is 31.2 Å². The van der Waals surface area contributed by atoms with Crippen LogP contribution in [0.4, 0.5) is 5.69 Å². The lowest BCUT2D eigenvalue weighted by Gasteiger charge is -2.25. The number of hydrogen-bond acceptors (Lipinski definition) is 3. The minimum atomic E-state index is -0.858. The molecule has 0 bridgehead atoms. The summed E-state index contributed by atoms with van der Waals surface area (Å²) in [6, 6.07) is 7.16. The van der Waals surface area contributed by atoms with E-state index < -0.39 is 17.9 Å². The maximum absolute atomic E-state index is 12.1. The molecule has 0 saturated carbocycles. The van der Waals surface area contributed by atoms with Gasteiger partial charge in [-0.3, -0.25) is 14.5 Å². The summed E-state index contributed by atoms with van der Waals surface area (Å²) < 4.78 is 0. The van der Waals surface area contributed by atoms with Crippen molar-refractivity contribution in [2.45, 2.75) is 26.8 Å². The van der Waals surface area contributed by atoms with Gasteiger partial charge >= 0.3 is 5.97 Å². The number of nitrogens with zero attached hydrogens (tertiary/aromatic N) is 1. The predicted octanol–water partition coefficient (Wildman–Crippen LogP) is 1.97. The van der Waals surface area contributed by atoms with Gasteiger partial charge < -0.3 is 10.4 Å². The molecule has 0 saturated heterocycles. The zero-order chi connectivity index (χ0) is 15.3. The maximum Gasteiger partial charge on any atom is 0.307 e. The molecule has 0 aliphatic carbocycles. The predicted molar refractivity (Wildman–Crippen MR) is 78.7 cm³/mol. The van der Waals surface area contributed by atoms with E-state index in [0.29, 0.717) is 6.54 Å². The lowest BCUT2D eigenvalue weighted by Crippen LogP contribution is -2.42. The van der Waals surface area contributed by atoms with E-state index in [0.717, 1.165) is 11.3 Å². The van der Waals surface area contributed by atoms with Gasteiger partial charge in [0, 0.05) is 12.2 Å². The molecule has 2 N–H and O–H groups in total. The third-order valence-electron chi connectivity index (χ3n) is 3.34. The van der Waals surface area contributed by atoms with Gasteiger partial charge in [0.2, 0.25) is 5.91 Å². The molecule has 2 atom stereocenters. The van der Waals surface area contributed by atoms with Gasteiger partial charge in [0.25, 0.3) is 0 Å². The van der Waals surface area contributed by atoms with Gasteiger partial charge in [-0.05, 0) is 33.0 Å². The molecule has 1 aromatic carbocycles. The Morgan fingerprint density at radius 2 is 1.80 bits per heavy atom. The molecular weight excluding hydrogens is 256 g/mol. The normalized spacial score (nSPS) is 13.8. The Hall–Kier alpha value is -1.88. The fourth-order valence-electron chi connectivity index (χ4n) is 1.75. The quantitative estimate of drug-likeness (QED) is 0.834. The molecule has 0 spiro atoms. The lowest BCUT2D eigenvalue weighted by atomic mass is 10.1. The summed E-state index contributed by atoms with van der Waals surface area (Å²) in [6.45, 7) is 5.70. The van der Waals surface area contributed by atoms with Crippen LogP contribution in [0.25, 0.3) is 0 Å². The van der Waals surface area contributed by atoms with Gasteiger partial charge in [-0.1, -0.05) is 24.6 Å². The molecule has 5 nitrogen and oxygen atoms in total. The van der Waals surface area contributed by atoms with Crippen LogP contribution >= 0.6 is 0 Å². The number of rotatable bonds is 6. The number of carboxylic acids is 1. The van der Waals surface area contributed by atoms with E-state index in [2.05, 4.69) is 5.32 Å². The van der Waals surface area contributed by atoms with Gasteiger partial charge in [0.05, 0.1) is 12.0 Å². The van der Waals surface area contributed by atoms with Crippen LogP contribution in [-0.4, -0.2) is 41.5 Å². The molecule has 110 valence electrons. The summed E-state index contributed by atoms with van der Waals surface area (Å²) in [5.41, 5.74) is 1.87. The number of anilines is 1. The van der Waals surface area contributed by atoms with Crippen molar-refractivity contribution in [2.75, 3.05) is 18.9 Å². The van der Waals surface area contributed by atoms with Crippen LogP contribution in [0.5, 0.6) is 0 Å². The Morgan fingerprint density at radius 3 is 2.30 bits per heavy atom. The standard InChI is InChI=1S/C15H22N2O3/c1-10-5-7-13(8-6-10)16-14(18)12(3)17(4)9-11(2)15(19)20/h5-8,11-12H,9H2,1-4H3,(H,16,18)(H,19,20). The second-order valence-electron chi connectivity index (χ2n) is 5.21. The van der Waals surface area contributed by atoms with Crippen molar-refractivity contribution < 1.29 is 14.7 Å². The van der Waals surface area contributed by atoms with E-state index in [9.17, 15) is 9.59 Å². The first-order chi connectivity index (χ1) is 9.31. The van der Waals surface area contributed by atoms with Gasteiger partial charge in [0.1, 0.15) is 0 Å². The van der Waals surface area contributed by atoms with Crippen LogP contribution in [0.3, 0.4) is 0 Å². The van der Waals surface area contributed by atoms with Crippen LogP contribution in [0, 0.1) is 12.8 Å². The summed E-state index contributed by atoms with van der Waals surface area (Å²) in [4.78, 5) is 24.7. The molecule has 2 unspecified atom stereocenters. The third kappa shape index (κ3) is 4.66. The Bertz CT molecular complexity index is 471. The van der Waals surface area contributed by atoms with E-state index in [1.165, 1.54) is 0 Å². The van der Waals surface area contributed by atoms with Crippen molar-refractivity contribution in [3.05, 3.63) is 29.8 Å². The maximum atomic E-state index is 12.1. The molecule has 20 heavy (non-hydrogen) atoms. The molecule has 0 aliphatic rings. The number of nitrogens with one attached hydrogen (secondary N) is 1. The summed E-state index contributed by atoms with van der Waals surface area (Å²) in [7, 11) is 1.75. The van der Waals surface area contributed by atoms with E-state index >= 15 is 0 Å². The van der Waals surface area contributed by atoms with Crippen LogP contribution in [-0.2, 0) is 9.59 Å². The average molecular weight is 278 g/mol. The van der Waals surface area contributed by atoms with Gasteiger partial charge in [-0.2, -0.15) is 0 Å². The van der Waals surface area contributed by atoms with E-state index in [4.69, 9.17) is 5.11 Å². The fourth-order valence-corrected chi connectivity index (χ4v) is 1.75. The first-order valence-electron chi connectivity index (χ1n) is 6.62. The number of carboxylic acid groups (broad SMARTS) is 1. The molecule has 0 heterocycles. The minimum absolute atomic E-state index is 0.144. The Balaban J connectivity index is 2.57. The molecule has 5 heteroatoms. The Kier molecular flexibility index (Phi) is 5.70. The first-order valence-corrected chi connectivity index (χ1v) is 6.62. The van der Waals surface area contributed by atoms with Gasteiger partial charge in [-0.25, -0.2) is 0 Å². The molecule has 1 amide bonds. The van der Waals surface area contributed by atoms with Crippen LogP contribution in [0.2, 0.25) is 0 Å². The highest BCUT2D eigenvalue weighted by molar-refractivity contribution is 5.94. The zero-order valence-electron chi connectivity index (χ0n) is 12.4. The number of amides is 1. The first kappa shape index (κ1) is 16.2. The van der Waals surface area contributed by atoms with Gasteiger partial charge in [0.15, 0.2) is 0 Å². The number of carbonyl (C=O) groups is 2. The molecule has 0 fully saturated rings. The third-order valence-corrected chi connectivity index (χ3v) is 3.34. The average Bonchev–Trinajstić information content (AvgIpc) is 2.40. The monoisotopic (exact) mass is 278 g/mol. The summed E-state index contributed by atoms with van der Waals surface area (Å²) in [5.74, 6) is -1.51. The molecule has 0 aliphatic heterocycles. The topological polar surface area (TPSA) is 69.6 Å². The highest BCUT2D eigenvalue weighted by Gasteiger charge is 2.22. The van der Waals surface area contributed by atoms with Crippen LogP contribution in [0.1, 0.15) is 19.4 Å². The number of likely N-dealkylation sites (N-methyl/N-ethyl adjacent to an activating group) is 1. The molecule has 0 radical (unpaired) electrons. The van der Waals surface area contributed by atoms with E-state index in [-0.39, 0.29) is 5.91 Å². The number of hydrogen-bond donors (Lipinski definition) is 2. The van der Waals surface area contributed by atoms with Crippen molar-refractivity contribution in [1.29, 1.82) is 0 Å². The van der Waals surface area contributed by atoms with Crippen LogP contribution in [0.15, 0.2) is 24.3 Å². The van der Waals surface area contributed by atoms with Crippen LogP contribution < -0.4 is 5.32 Å². The van der Waals surface area contributed by atoms with Crippen molar-refractivity contribution in [2.24, 2.45) is 5.92 Å². The second kappa shape index (κ2) is 7.05.